The molecule has 2 aliphatic rings. The van der Waals surface area contributed by atoms with E-state index in [2.05, 4.69) is 158 Å². The second kappa shape index (κ2) is 14.8. The first-order chi connectivity index (χ1) is 21.7. The molecule has 0 spiro atoms. The van der Waals surface area contributed by atoms with E-state index in [0.29, 0.717) is 11.5 Å². The van der Waals surface area contributed by atoms with Crippen molar-refractivity contribution in [2.24, 2.45) is 0 Å². The molecule has 2 nitrogen and oxygen atoms in total. The summed E-state index contributed by atoms with van der Waals surface area (Å²) in [6, 6.07) is 42.9. The third kappa shape index (κ3) is 7.47. The van der Waals surface area contributed by atoms with Crippen molar-refractivity contribution in [3.05, 3.63) is 203 Å². The minimum absolute atomic E-state index is 0.573. The van der Waals surface area contributed by atoms with Crippen LogP contribution in [0.25, 0.3) is 14.5 Å². The molecular formula is C40H32O2Te2. The van der Waals surface area contributed by atoms with Crippen LogP contribution in [0.2, 0.25) is 0 Å². The van der Waals surface area contributed by atoms with Gasteiger partial charge in [0.2, 0.25) is 0 Å². The second-order valence-electron chi connectivity index (χ2n) is 10.1. The van der Waals surface area contributed by atoms with Crippen molar-refractivity contribution in [3.63, 3.8) is 0 Å². The van der Waals surface area contributed by atoms with Gasteiger partial charge >= 0.3 is 283 Å². The van der Waals surface area contributed by atoms with Gasteiger partial charge in [0, 0.05) is 0 Å². The molecule has 2 heterocycles. The van der Waals surface area contributed by atoms with Gasteiger partial charge in [-0.05, 0) is 0 Å². The fourth-order valence-corrected chi connectivity index (χ4v) is 11.4. The Balaban J connectivity index is 1.45. The molecule has 216 valence electrons. The van der Waals surface area contributed by atoms with Crippen molar-refractivity contribution in [3.8, 4) is 0 Å². The van der Waals surface area contributed by atoms with Gasteiger partial charge in [-0.2, -0.15) is 0 Å². The van der Waals surface area contributed by atoms with Crippen molar-refractivity contribution in [2.75, 3.05) is 14.2 Å². The molecule has 0 saturated heterocycles. The molecule has 0 atom stereocenters. The van der Waals surface area contributed by atoms with Crippen LogP contribution in [0.4, 0.5) is 0 Å². The summed E-state index contributed by atoms with van der Waals surface area (Å²) in [7, 11) is 3.43. The van der Waals surface area contributed by atoms with Crippen LogP contribution >= 0.6 is 0 Å². The van der Waals surface area contributed by atoms with Gasteiger partial charge in [0.1, 0.15) is 0 Å². The van der Waals surface area contributed by atoms with Gasteiger partial charge in [0.15, 0.2) is 0 Å². The number of hydrogen-bond donors (Lipinski definition) is 0. The average Bonchev–Trinajstić information content (AvgIpc) is 3.11. The van der Waals surface area contributed by atoms with Gasteiger partial charge in [-0.3, -0.25) is 0 Å². The zero-order valence-electron chi connectivity index (χ0n) is 24.6. The minimum atomic E-state index is -0.573. The van der Waals surface area contributed by atoms with Crippen molar-refractivity contribution >= 4 is 56.3 Å². The summed E-state index contributed by atoms with van der Waals surface area (Å²) in [6.07, 6.45) is 13.5. The van der Waals surface area contributed by atoms with Crippen LogP contribution in [0.1, 0.15) is 22.3 Å². The van der Waals surface area contributed by atoms with Gasteiger partial charge in [0.05, 0.1) is 0 Å². The fraction of sp³-hybridized carbons (Fsp3) is 0.0500. The van der Waals surface area contributed by atoms with Crippen molar-refractivity contribution in [1.29, 1.82) is 0 Å². The normalized spacial score (nSPS) is 15.2. The Morgan fingerprint density at radius 3 is 0.886 bits per heavy atom. The molecule has 0 N–H and O–H groups in total. The molecule has 0 bridgehead atoms. The summed E-state index contributed by atoms with van der Waals surface area (Å²) < 4.78 is 17.6. The van der Waals surface area contributed by atoms with Crippen molar-refractivity contribution < 1.29 is 9.47 Å². The number of hydrogen-bond acceptors (Lipinski definition) is 2. The monoisotopic (exact) mass is 804 g/mol. The van der Waals surface area contributed by atoms with Crippen LogP contribution in [-0.2, 0) is 9.47 Å². The van der Waals surface area contributed by atoms with Gasteiger partial charge in [-0.25, -0.2) is 0 Å². The molecule has 0 aliphatic carbocycles. The first-order valence-corrected chi connectivity index (χ1v) is 19.1. The molecule has 0 amide bonds. The summed E-state index contributed by atoms with van der Waals surface area (Å²) in [4.78, 5) is 0. The SMILES string of the molecule is CO/C(C=C1C=C(c2ccccc2)[Te]C(c2ccccc2)=C1)=C(\C=C1C=C(c2ccccc2)[Te]C(c2ccccc2)=C1)OC. The Bertz CT molecular complexity index is 1570. The van der Waals surface area contributed by atoms with Crippen molar-refractivity contribution in [2.45, 2.75) is 0 Å². The van der Waals surface area contributed by atoms with E-state index in [0.717, 1.165) is 11.1 Å². The van der Waals surface area contributed by atoms with Crippen LogP contribution < -0.4 is 0 Å². The standard InChI is InChI=1S/C40H32O2Te2/c1-41-35(23-29-25-37(31-15-7-3-8-16-31)43-38(26-29)32-17-9-4-10-18-32)36(42-2)24-30-27-39(33-19-11-5-12-20-33)44-40(28-30)34-21-13-6-14-22-34/h3-28H,1-2H3/b36-35+. The van der Waals surface area contributed by atoms with E-state index >= 15 is 0 Å². The molecule has 0 unspecified atom stereocenters. The molecule has 44 heavy (non-hydrogen) atoms. The first kappa shape index (κ1) is 30.3. The van der Waals surface area contributed by atoms with E-state index in [1.54, 1.807) is 14.2 Å². The topological polar surface area (TPSA) is 18.5 Å². The Kier molecular flexibility index (Phi) is 10.2. The predicted molar refractivity (Wildman–Crippen MR) is 186 cm³/mol. The summed E-state index contributed by atoms with van der Waals surface area (Å²) in [5.41, 5.74) is 7.32. The van der Waals surface area contributed by atoms with Gasteiger partial charge in [0.25, 0.3) is 0 Å². The van der Waals surface area contributed by atoms with Gasteiger partial charge in [-0.15, -0.1) is 0 Å². The van der Waals surface area contributed by atoms with E-state index in [1.165, 1.54) is 36.7 Å². The Hall–Kier alpha value is -3.76. The number of methoxy groups -OCH3 is 2. The zero-order valence-corrected chi connectivity index (χ0v) is 29.3. The molecule has 6 rings (SSSR count). The summed E-state index contributed by atoms with van der Waals surface area (Å²) in [6.45, 7) is 0. The molecule has 4 aromatic carbocycles. The summed E-state index contributed by atoms with van der Waals surface area (Å²) in [5, 5.41) is 0. The third-order valence-corrected chi connectivity index (χ3v) is 13.7. The molecule has 2 aliphatic heterocycles. The number of ether oxygens (including phenoxy) is 2. The average molecular weight is 800 g/mol. The van der Waals surface area contributed by atoms with Crippen LogP contribution in [0.15, 0.2) is 180 Å². The Morgan fingerprint density at radius 2 is 0.659 bits per heavy atom. The van der Waals surface area contributed by atoms with Crippen LogP contribution in [-0.4, -0.2) is 56.1 Å². The van der Waals surface area contributed by atoms with E-state index in [4.69, 9.17) is 9.47 Å². The molecule has 4 heteroatoms. The van der Waals surface area contributed by atoms with E-state index in [-0.39, 0.29) is 0 Å². The Morgan fingerprint density at radius 1 is 0.409 bits per heavy atom. The molecule has 0 aromatic heterocycles. The number of allylic oxidation sites excluding steroid dienone is 8. The van der Waals surface area contributed by atoms with Gasteiger partial charge < -0.3 is 0 Å². The number of rotatable bonds is 8. The van der Waals surface area contributed by atoms with Gasteiger partial charge in [-0.1, -0.05) is 0 Å². The maximum atomic E-state index is 6.01. The Labute approximate surface area is 280 Å². The number of benzene rings is 4. The molecular weight excluding hydrogens is 768 g/mol. The molecule has 0 fully saturated rings. The van der Waals surface area contributed by atoms with E-state index < -0.39 is 41.8 Å². The predicted octanol–water partition coefficient (Wildman–Crippen LogP) is 8.94. The molecule has 0 saturated carbocycles. The maximum absolute atomic E-state index is 6.01. The molecule has 4 aromatic rings. The van der Waals surface area contributed by atoms with E-state index in [1.807, 2.05) is 0 Å². The summed E-state index contributed by atoms with van der Waals surface area (Å²) in [5.74, 6) is 1.38. The molecule has 0 radical (unpaired) electrons. The summed E-state index contributed by atoms with van der Waals surface area (Å²) >= 11 is -1.15. The van der Waals surface area contributed by atoms with Crippen LogP contribution in [0.5, 0.6) is 0 Å². The quantitative estimate of drug-likeness (QED) is 0.131. The first-order valence-electron chi connectivity index (χ1n) is 14.4. The zero-order chi connectivity index (χ0) is 30.1. The third-order valence-electron chi connectivity index (χ3n) is 7.14. The van der Waals surface area contributed by atoms with Crippen molar-refractivity contribution in [1.82, 2.24) is 0 Å². The van der Waals surface area contributed by atoms with Crippen LogP contribution in [0, 0.1) is 0 Å². The van der Waals surface area contributed by atoms with Crippen LogP contribution in [0.3, 0.4) is 0 Å². The van der Waals surface area contributed by atoms with E-state index in [9.17, 15) is 0 Å². The second-order valence-corrected chi connectivity index (χ2v) is 16.3. The fourth-order valence-electron chi connectivity index (χ4n) is 4.95.